The molecule has 132 valence electrons. The summed E-state index contributed by atoms with van der Waals surface area (Å²) in [5.41, 5.74) is 1.04. The van der Waals surface area contributed by atoms with E-state index in [0.29, 0.717) is 10.8 Å². The van der Waals surface area contributed by atoms with Gasteiger partial charge in [0, 0.05) is 33.4 Å². The summed E-state index contributed by atoms with van der Waals surface area (Å²) < 4.78 is 5.61. The van der Waals surface area contributed by atoms with E-state index in [1.807, 2.05) is 7.05 Å². The van der Waals surface area contributed by atoms with Crippen molar-refractivity contribution in [3.05, 3.63) is 0 Å². The summed E-state index contributed by atoms with van der Waals surface area (Å²) in [7, 11) is 1.90. The van der Waals surface area contributed by atoms with Gasteiger partial charge in [-0.1, -0.05) is 12.8 Å². The van der Waals surface area contributed by atoms with Crippen LogP contribution in [0.25, 0.3) is 0 Å². The first kappa shape index (κ1) is 17.1. The van der Waals surface area contributed by atoms with Crippen LogP contribution in [0.15, 0.2) is 4.99 Å². The third-order valence-corrected chi connectivity index (χ3v) is 6.44. The Morgan fingerprint density at radius 3 is 2.35 bits per heavy atom. The molecule has 4 heteroatoms. The van der Waals surface area contributed by atoms with E-state index in [4.69, 9.17) is 4.74 Å². The van der Waals surface area contributed by atoms with E-state index >= 15 is 0 Å². The van der Waals surface area contributed by atoms with E-state index < -0.39 is 0 Å². The number of aliphatic imine (C=N–C) groups is 1. The fourth-order valence-corrected chi connectivity index (χ4v) is 4.41. The van der Waals surface area contributed by atoms with Gasteiger partial charge >= 0.3 is 0 Å². The summed E-state index contributed by atoms with van der Waals surface area (Å²) in [6, 6.07) is 0. The predicted molar refractivity (Wildman–Crippen MR) is 95.8 cm³/mol. The van der Waals surface area contributed by atoms with Crippen LogP contribution in [0.5, 0.6) is 0 Å². The summed E-state index contributed by atoms with van der Waals surface area (Å²) in [6.07, 6.45) is 12.3. The minimum Gasteiger partial charge on any atom is -0.382 e. The van der Waals surface area contributed by atoms with Crippen molar-refractivity contribution in [3.63, 3.8) is 0 Å². The first-order chi connectivity index (χ1) is 11.2. The Hall–Kier alpha value is -0.770. The molecule has 0 amide bonds. The van der Waals surface area contributed by atoms with E-state index in [1.54, 1.807) is 0 Å². The van der Waals surface area contributed by atoms with Crippen molar-refractivity contribution in [2.24, 2.45) is 21.7 Å². The Balaban J connectivity index is 1.44. The zero-order chi connectivity index (χ0) is 16.2. The molecule has 0 aliphatic heterocycles. The van der Waals surface area contributed by atoms with Gasteiger partial charge in [-0.25, -0.2) is 0 Å². The maximum absolute atomic E-state index is 5.61. The van der Waals surface area contributed by atoms with Crippen LogP contribution in [0.2, 0.25) is 0 Å². The summed E-state index contributed by atoms with van der Waals surface area (Å²) in [5, 5.41) is 7.23. The largest absolute Gasteiger partial charge is 0.382 e. The molecule has 4 nitrogen and oxygen atoms in total. The number of nitrogens with zero attached hydrogens (tertiary/aromatic N) is 1. The lowest BCUT2D eigenvalue weighted by Crippen LogP contribution is -2.45. The third kappa shape index (κ3) is 4.40. The number of guanidine groups is 1. The van der Waals surface area contributed by atoms with Gasteiger partial charge in [-0.2, -0.15) is 0 Å². The molecule has 23 heavy (non-hydrogen) atoms. The molecule has 3 rings (SSSR count). The molecule has 0 bridgehead atoms. The minimum atomic E-state index is 0.417. The second kappa shape index (κ2) is 7.42. The van der Waals surface area contributed by atoms with Crippen LogP contribution < -0.4 is 10.6 Å². The van der Waals surface area contributed by atoms with Crippen LogP contribution in [0, 0.1) is 16.7 Å². The van der Waals surface area contributed by atoms with Crippen LogP contribution in [0.1, 0.15) is 64.7 Å². The third-order valence-electron chi connectivity index (χ3n) is 6.44. The molecule has 0 unspecified atom stereocenters. The minimum absolute atomic E-state index is 0.417. The maximum Gasteiger partial charge on any atom is 0.191 e. The van der Waals surface area contributed by atoms with Crippen molar-refractivity contribution >= 4 is 5.96 Å². The molecular formula is C19H35N3O. The fraction of sp³-hybridized carbons (Fsp3) is 0.947. The smallest absolute Gasteiger partial charge is 0.191 e. The quantitative estimate of drug-likeness (QED) is 0.389. The Kier molecular flexibility index (Phi) is 5.50. The predicted octanol–water partition coefficient (Wildman–Crippen LogP) is 3.33. The highest BCUT2D eigenvalue weighted by Crippen LogP contribution is 2.60. The van der Waals surface area contributed by atoms with Crippen molar-refractivity contribution in [2.45, 2.75) is 64.7 Å². The average Bonchev–Trinajstić information content (AvgIpc) is 3.47. The lowest BCUT2D eigenvalue weighted by Gasteiger charge is -2.30. The van der Waals surface area contributed by atoms with Crippen molar-refractivity contribution < 1.29 is 4.74 Å². The summed E-state index contributed by atoms with van der Waals surface area (Å²) in [6.45, 7) is 5.96. The van der Waals surface area contributed by atoms with E-state index in [2.05, 4.69) is 22.5 Å². The Morgan fingerprint density at radius 2 is 1.78 bits per heavy atom. The monoisotopic (exact) mass is 321 g/mol. The summed E-state index contributed by atoms with van der Waals surface area (Å²) >= 11 is 0. The van der Waals surface area contributed by atoms with Crippen molar-refractivity contribution in [3.8, 4) is 0 Å². The molecule has 0 radical (unpaired) electrons. The zero-order valence-corrected chi connectivity index (χ0v) is 15.1. The first-order valence-electron chi connectivity index (χ1n) is 9.74. The average molecular weight is 322 g/mol. The zero-order valence-electron chi connectivity index (χ0n) is 15.1. The Bertz CT molecular complexity index is 407. The molecule has 0 aromatic carbocycles. The van der Waals surface area contributed by atoms with Gasteiger partial charge in [-0.3, -0.25) is 4.99 Å². The standard InChI is InChI=1S/C19H35N3O/c1-3-23-13-12-18(8-4-5-9-18)14-21-17(20-2)22-15-19(10-11-19)16-6-7-16/h16H,3-15H2,1-2H3,(H2,20,21,22). The molecule has 0 spiro atoms. The highest BCUT2D eigenvalue weighted by molar-refractivity contribution is 5.79. The van der Waals surface area contributed by atoms with E-state index in [0.717, 1.165) is 38.2 Å². The van der Waals surface area contributed by atoms with Crippen LogP contribution in [-0.2, 0) is 4.74 Å². The molecule has 0 aromatic heterocycles. The molecule has 0 heterocycles. The maximum atomic E-state index is 5.61. The van der Waals surface area contributed by atoms with Crippen molar-refractivity contribution in [1.82, 2.24) is 10.6 Å². The normalized spacial score (nSPS) is 25.4. The molecule has 0 atom stereocenters. The molecule has 0 saturated heterocycles. The van der Waals surface area contributed by atoms with Crippen LogP contribution in [0.4, 0.5) is 0 Å². The van der Waals surface area contributed by atoms with E-state index in [-0.39, 0.29) is 0 Å². The van der Waals surface area contributed by atoms with Gasteiger partial charge in [0.05, 0.1) is 0 Å². The van der Waals surface area contributed by atoms with Crippen LogP contribution in [0.3, 0.4) is 0 Å². The van der Waals surface area contributed by atoms with Gasteiger partial charge in [-0.15, -0.1) is 0 Å². The fourth-order valence-electron chi connectivity index (χ4n) is 4.41. The highest BCUT2D eigenvalue weighted by Gasteiger charge is 2.53. The van der Waals surface area contributed by atoms with E-state index in [1.165, 1.54) is 57.8 Å². The molecule has 3 aliphatic rings. The Morgan fingerprint density at radius 1 is 1.09 bits per heavy atom. The molecule has 3 aliphatic carbocycles. The molecule has 3 saturated carbocycles. The van der Waals surface area contributed by atoms with Crippen molar-refractivity contribution in [1.29, 1.82) is 0 Å². The summed E-state index contributed by atoms with van der Waals surface area (Å²) in [5.74, 6) is 2.00. The van der Waals surface area contributed by atoms with Gasteiger partial charge in [0.25, 0.3) is 0 Å². The van der Waals surface area contributed by atoms with Crippen LogP contribution >= 0.6 is 0 Å². The number of ether oxygens (including phenoxy) is 1. The second-order valence-electron chi connectivity index (χ2n) is 8.07. The SMILES string of the molecule is CCOCCC1(CNC(=NC)NCC2(C3CC3)CC2)CCCC1. The second-order valence-corrected chi connectivity index (χ2v) is 8.07. The first-order valence-corrected chi connectivity index (χ1v) is 9.74. The lowest BCUT2D eigenvalue weighted by molar-refractivity contribution is 0.105. The van der Waals surface area contributed by atoms with Gasteiger partial charge in [0.1, 0.15) is 0 Å². The topological polar surface area (TPSA) is 45.6 Å². The molecule has 0 aromatic rings. The Labute approximate surface area is 141 Å². The number of hydrogen-bond acceptors (Lipinski definition) is 2. The van der Waals surface area contributed by atoms with Crippen molar-refractivity contribution in [2.75, 3.05) is 33.4 Å². The van der Waals surface area contributed by atoms with Gasteiger partial charge in [-0.05, 0) is 68.6 Å². The number of hydrogen-bond donors (Lipinski definition) is 2. The summed E-state index contributed by atoms with van der Waals surface area (Å²) in [4.78, 5) is 4.45. The number of nitrogens with one attached hydrogen (secondary N) is 2. The van der Waals surface area contributed by atoms with Gasteiger partial charge in [0.15, 0.2) is 5.96 Å². The van der Waals surface area contributed by atoms with Gasteiger partial charge in [0.2, 0.25) is 0 Å². The highest BCUT2D eigenvalue weighted by atomic mass is 16.5. The number of rotatable bonds is 9. The molecular weight excluding hydrogens is 286 g/mol. The van der Waals surface area contributed by atoms with E-state index in [9.17, 15) is 0 Å². The lowest BCUT2D eigenvalue weighted by atomic mass is 9.83. The molecule has 2 N–H and O–H groups in total. The van der Waals surface area contributed by atoms with Gasteiger partial charge < -0.3 is 15.4 Å². The van der Waals surface area contributed by atoms with Crippen LogP contribution in [-0.4, -0.2) is 39.3 Å². The molecule has 3 fully saturated rings.